The maximum absolute atomic E-state index is 12.9. The summed E-state index contributed by atoms with van der Waals surface area (Å²) in [6, 6.07) is 5.39. The largest absolute Gasteiger partial charge is 0.493 e. The summed E-state index contributed by atoms with van der Waals surface area (Å²) in [6.45, 7) is 10.4. The van der Waals surface area contributed by atoms with E-state index in [1.165, 1.54) is 17.4 Å². The van der Waals surface area contributed by atoms with Gasteiger partial charge in [-0.15, -0.1) is 11.3 Å². The Morgan fingerprint density at radius 3 is 2.48 bits per heavy atom. The topological polar surface area (TPSA) is 85.9 Å². The molecule has 1 aliphatic heterocycles. The van der Waals surface area contributed by atoms with Gasteiger partial charge in [0.05, 0.1) is 26.4 Å². The Kier molecular flexibility index (Phi) is 7.19. The van der Waals surface area contributed by atoms with Crippen molar-refractivity contribution in [3.63, 3.8) is 0 Å². The van der Waals surface area contributed by atoms with Gasteiger partial charge in [-0.1, -0.05) is 6.07 Å². The molecule has 1 aliphatic rings. The van der Waals surface area contributed by atoms with Crippen LogP contribution in [0.2, 0.25) is 0 Å². The lowest BCUT2D eigenvalue weighted by Gasteiger charge is -2.42. The molecule has 0 saturated carbocycles. The van der Waals surface area contributed by atoms with Crippen molar-refractivity contribution < 1.29 is 23.8 Å². The molecule has 1 amide bonds. The van der Waals surface area contributed by atoms with Crippen LogP contribution in [0.25, 0.3) is 6.08 Å². The summed E-state index contributed by atoms with van der Waals surface area (Å²) in [6.07, 6.45) is 3.78. The van der Waals surface area contributed by atoms with Gasteiger partial charge in [-0.2, -0.15) is 0 Å². The molecule has 0 saturated heterocycles. The van der Waals surface area contributed by atoms with E-state index in [4.69, 9.17) is 14.2 Å². The van der Waals surface area contributed by atoms with E-state index >= 15 is 0 Å². The maximum atomic E-state index is 12.9. The number of rotatable bonds is 7. The van der Waals surface area contributed by atoms with Crippen LogP contribution in [0.4, 0.5) is 5.00 Å². The number of benzene rings is 1. The van der Waals surface area contributed by atoms with Crippen molar-refractivity contribution in [1.82, 2.24) is 5.32 Å². The summed E-state index contributed by atoms with van der Waals surface area (Å²) in [7, 11) is 3.13. The van der Waals surface area contributed by atoms with Crippen LogP contribution in [0, 0.1) is 0 Å². The highest BCUT2D eigenvalue weighted by molar-refractivity contribution is 7.17. The predicted octanol–water partition coefficient (Wildman–Crippen LogP) is 4.75. The SMILES string of the molecule is CCOC(=O)c1c(NC(=O)/C=C/c2ccc(OC)c(OC)c2)sc2c1CC(C)(C)NC2(C)C. The Bertz CT molecular complexity index is 1080. The fourth-order valence-corrected chi connectivity index (χ4v) is 5.58. The molecule has 178 valence electrons. The first kappa shape index (κ1) is 24.8. The van der Waals surface area contributed by atoms with E-state index in [1.54, 1.807) is 39.4 Å². The number of hydrogen-bond donors (Lipinski definition) is 2. The Balaban J connectivity index is 1.92. The van der Waals surface area contributed by atoms with E-state index in [0.29, 0.717) is 28.5 Å². The molecule has 0 atom stereocenters. The third kappa shape index (κ3) is 5.39. The minimum absolute atomic E-state index is 0.201. The number of fused-ring (bicyclic) bond motifs is 1. The normalized spacial score (nSPS) is 16.2. The first-order valence-electron chi connectivity index (χ1n) is 10.8. The number of esters is 1. The third-order valence-electron chi connectivity index (χ3n) is 5.40. The van der Waals surface area contributed by atoms with Gasteiger partial charge in [0.15, 0.2) is 11.5 Å². The Morgan fingerprint density at radius 2 is 1.85 bits per heavy atom. The van der Waals surface area contributed by atoms with Crippen LogP contribution in [0.15, 0.2) is 24.3 Å². The number of anilines is 1. The number of carbonyl (C=O) groups is 2. The number of hydrogen-bond acceptors (Lipinski definition) is 7. The average molecular weight is 473 g/mol. The van der Waals surface area contributed by atoms with Crippen LogP contribution in [0.5, 0.6) is 11.5 Å². The Labute approximate surface area is 199 Å². The lowest BCUT2D eigenvalue weighted by molar-refractivity contribution is -0.111. The second-order valence-electron chi connectivity index (χ2n) is 9.08. The second kappa shape index (κ2) is 9.57. The van der Waals surface area contributed by atoms with Gasteiger partial charge in [-0.05, 0) is 70.4 Å². The van der Waals surface area contributed by atoms with Crippen LogP contribution in [-0.4, -0.2) is 38.2 Å². The fourth-order valence-electron chi connectivity index (χ4n) is 4.32. The van der Waals surface area contributed by atoms with E-state index < -0.39 is 5.97 Å². The van der Waals surface area contributed by atoms with Gasteiger partial charge < -0.3 is 24.8 Å². The van der Waals surface area contributed by atoms with E-state index in [-0.39, 0.29) is 23.6 Å². The molecule has 2 aromatic rings. The minimum Gasteiger partial charge on any atom is -0.493 e. The monoisotopic (exact) mass is 472 g/mol. The molecule has 0 aliphatic carbocycles. The number of ether oxygens (including phenoxy) is 3. The van der Waals surface area contributed by atoms with Gasteiger partial charge in [0.1, 0.15) is 5.00 Å². The average Bonchev–Trinajstić information content (AvgIpc) is 3.09. The second-order valence-corrected chi connectivity index (χ2v) is 10.1. The quantitative estimate of drug-likeness (QED) is 0.447. The Morgan fingerprint density at radius 1 is 1.15 bits per heavy atom. The maximum Gasteiger partial charge on any atom is 0.341 e. The molecule has 0 radical (unpaired) electrons. The summed E-state index contributed by atoms with van der Waals surface area (Å²) in [5.41, 5.74) is 1.62. The van der Waals surface area contributed by atoms with E-state index in [2.05, 4.69) is 38.3 Å². The van der Waals surface area contributed by atoms with Crippen molar-refractivity contribution in [2.24, 2.45) is 0 Å². The van der Waals surface area contributed by atoms with E-state index in [0.717, 1.165) is 16.0 Å². The summed E-state index contributed by atoms with van der Waals surface area (Å²) in [5.74, 6) is 0.441. The molecule has 0 unspecified atom stereocenters. The highest BCUT2D eigenvalue weighted by Crippen LogP contribution is 2.45. The summed E-state index contributed by atoms with van der Waals surface area (Å²) in [5, 5.41) is 7.04. The zero-order valence-corrected chi connectivity index (χ0v) is 21.1. The first-order valence-corrected chi connectivity index (χ1v) is 11.7. The molecule has 1 aromatic heterocycles. The first-order chi connectivity index (χ1) is 15.5. The predicted molar refractivity (Wildman–Crippen MR) is 131 cm³/mol. The molecule has 33 heavy (non-hydrogen) atoms. The standard InChI is InChI=1S/C25H32N2O5S/c1-8-32-23(29)20-16-14-24(2,3)27-25(4,5)21(16)33-22(20)26-19(28)12-10-15-9-11-17(30-6)18(13-15)31-7/h9-13,27H,8,14H2,1-7H3,(H,26,28)/b12-10+. The fraction of sp³-hybridized carbons (Fsp3) is 0.440. The highest BCUT2D eigenvalue weighted by Gasteiger charge is 2.42. The lowest BCUT2D eigenvalue weighted by Crippen LogP contribution is -2.55. The molecular formula is C25H32N2O5S. The van der Waals surface area contributed by atoms with Gasteiger partial charge in [-0.3, -0.25) is 4.79 Å². The molecule has 7 nitrogen and oxygen atoms in total. The zero-order chi connectivity index (χ0) is 24.4. The van der Waals surface area contributed by atoms with Crippen LogP contribution in [-0.2, 0) is 21.5 Å². The van der Waals surface area contributed by atoms with Crippen molar-refractivity contribution in [1.29, 1.82) is 0 Å². The number of nitrogens with one attached hydrogen (secondary N) is 2. The van der Waals surface area contributed by atoms with Crippen LogP contribution in [0.3, 0.4) is 0 Å². The van der Waals surface area contributed by atoms with Crippen molar-refractivity contribution in [3.05, 3.63) is 45.8 Å². The molecule has 3 rings (SSSR count). The number of methoxy groups -OCH3 is 2. The van der Waals surface area contributed by atoms with E-state index in [1.807, 2.05) is 6.07 Å². The van der Waals surface area contributed by atoms with Crippen LogP contribution in [0.1, 0.15) is 61.0 Å². The van der Waals surface area contributed by atoms with Crippen molar-refractivity contribution in [2.75, 3.05) is 26.1 Å². The third-order valence-corrected chi connectivity index (χ3v) is 6.87. The number of thiophene rings is 1. The van der Waals surface area contributed by atoms with Crippen molar-refractivity contribution in [3.8, 4) is 11.5 Å². The minimum atomic E-state index is -0.414. The molecule has 1 aromatic carbocycles. The molecule has 2 heterocycles. The van der Waals surface area contributed by atoms with Crippen molar-refractivity contribution >= 4 is 34.3 Å². The van der Waals surface area contributed by atoms with Gasteiger partial charge in [-0.25, -0.2) is 4.79 Å². The number of carbonyl (C=O) groups excluding carboxylic acids is 2. The molecule has 0 bridgehead atoms. The molecule has 0 spiro atoms. The lowest BCUT2D eigenvalue weighted by atomic mass is 9.81. The molecule has 0 fully saturated rings. The zero-order valence-electron chi connectivity index (χ0n) is 20.3. The van der Waals surface area contributed by atoms with Crippen LogP contribution >= 0.6 is 11.3 Å². The molecular weight excluding hydrogens is 440 g/mol. The van der Waals surface area contributed by atoms with Gasteiger partial charge in [0.2, 0.25) is 5.91 Å². The Hall–Kier alpha value is -2.84. The molecule has 8 heteroatoms. The summed E-state index contributed by atoms with van der Waals surface area (Å²) < 4.78 is 15.9. The highest BCUT2D eigenvalue weighted by atomic mass is 32.1. The number of amides is 1. The van der Waals surface area contributed by atoms with Gasteiger partial charge in [0, 0.05) is 22.0 Å². The summed E-state index contributed by atoms with van der Waals surface area (Å²) >= 11 is 1.42. The van der Waals surface area contributed by atoms with Crippen LogP contribution < -0.4 is 20.1 Å². The van der Waals surface area contributed by atoms with Gasteiger partial charge in [0.25, 0.3) is 0 Å². The smallest absolute Gasteiger partial charge is 0.341 e. The van der Waals surface area contributed by atoms with E-state index in [9.17, 15) is 9.59 Å². The van der Waals surface area contributed by atoms with Crippen molar-refractivity contribution in [2.45, 2.75) is 52.1 Å². The van der Waals surface area contributed by atoms with Gasteiger partial charge >= 0.3 is 5.97 Å². The summed E-state index contributed by atoms with van der Waals surface area (Å²) in [4.78, 5) is 26.7. The molecule has 2 N–H and O–H groups in total.